The van der Waals surface area contributed by atoms with Crippen molar-refractivity contribution in [3.8, 4) is 0 Å². The molecule has 0 unspecified atom stereocenters. The molecule has 0 spiro atoms. The minimum atomic E-state index is 0.322. The molecule has 0 radical (unpaired) electrons. The second-order valence-electron chi connectivity index (χ2n) is 4.67. The molecule has 94 valence electrons. The highest BCUT2D eigenvalue weighted by Gasteiger charge is 2.19. The predicted octanol–water partition coefficient (Wildman–Crippen LogP) is 1.01. The van der Waals surface area contributed by atoms with Crippen LogP contribution >= 0.6 is 0 Å². The molecule has 1 aromatic heterocycles. The first-order valence-corrected chi connectivity index (χ1v) is 6.29. The highest BCUT2D eigenvalue weighted by Crippen LogP contribution is 2.21. The molecule has 0 bridgehead atoms. The molecular formula is C13H21N3O. The summed E-state index contributed by atoms with van der Waals surface area (Å²) in [6, 6.07) is 4.21. The number of aliphatic hydroxyl groups excluding tert-OH is 1. The summed E-state index contributed by atoms with van der Waals surface area (Å²) in [7, 11) is 1.94. The molecule has 4 nitrogen and oxygen atoms in total. The third-order valence-electron chi connectivity index (χ3n) is 3.39. The molecule has 4 heteroatoms. The van der Waals surface area contributed by atoms with E-state index in [4.69, 9.17) is 5.11 Å². The second-order valence-corrected chi connectivity index (χ2v) is 4.67. The first-order valence-electron chi connectivity index (χ1n) is 6.29. The highest BCUT2D eigenvalue weighted by molar-refractivity contribution is 5.39. The van der Waals surface area contributed by atoms with Crippen LogP contribution in [-0.2, 0) is 6.54 Å². The van der Waals surface area contributed by atoms with E-state index in [1.165, 1.54) is 5.56 Å². The van der Waals surface area contributed by atoms with E-state index in [-0.39, 0.29) is 0 Å². The molecule has 2 N–H and O–H groups in total. The quantitative estimate of drug-likeness (QED) is 0.817. The van der Waals surface area contributed by atoms with Crippen LogP contribution in [0.5, 0.6) is 0 Å². The number of aliphatic hydroxyl groups is 1. The largest absolute Gasteiger partial charge is 0.396 e. The van der Waals surface area contributed by atoms with E-state index < -0.39 is 0 Å². The fourth-order valence-corrected chi connectivity index (χ4v) is 2.26. The minimum Gasteiger partial charge on any atom is -0.396 e. The van der Waals surface area contributed by atoms with Crippen LogP contribution in [0, 0.1) is 5.92 Å². The van der Waals surface area contributed by atoms with E-state index in [1.807, 2.05) is 13.2 Å². The zero-order valence-electron chi connectivity index (χ0n) is 10.4. The average Bonchev–Trinajstić information content (AvgIpc) is 2.40. The third kappa shape index (κ3) is 3.17. The van der Waals surface area contributed by atoms with Crippen LogP contribution in [0.25, 0.3) is 0 Å². The normalized spacial score (nSPS) is 17.4. The lowest BCUT2D eigenvalue weighted by molar-refractivity contribution is 0.203. The van der Waals surface area contributed by atoms with Gasteiger partial charge in [0, 0.05) is 32.4 Å². The molecule has 0 saturated carbocycles. The Bertz CT molecular complexity index is 331. The van der Waals surface area contributed by atoms with Gasteiger partial charge >= 0.3 is 0 Å². The summed E-state index contributed by atoms with van der Waals surface area (Å²) < 4.78 is 0. The summed E-state index contributed by atoms with van der Waals surface area (Å²) in [4.78, 5) is 6.80. The number of anilines is 1. The zero-order valence-corrected chi connectivity index (χ0v) is 10.4. The van der Waals surface area contributed by atoms with Crippen molar-refractivity contribution < 1.29 is 5.11 Å². The van der Waals surface area contributed by atoms with Crippen LogP contribution in [0.3, 0.4) is 0 Å². The van der Waals surface area contributed by atoms with Crippen molar-refractivity contribution >= 4 is 5.82 Å². The van der Waals surface area contributed by atoms with E-state index in [1.54, 1.807) is 0 Å². The number of nitrogens with zero attached hydrogens (tertiary/aromatic N) is 2. The van der Waals surface area contributed by atoms with Crippen molar-refractivity contribution in [3.63, 3.8) is 0 Å². The summed E-state index contributed by atoms with van der Waals surface area (Å²) in [6.45, 7) is 3.19. The molecule has 2 heterocycles. The summed E-state index contributed by atoms with van der Waals surface area (Å²) in [5.74, 6) is 1.54. The van der Waals surface area contributed by atoms with Gasteiger partial charge in [-0.1, -0.05) is 6.07 Å². The first kappa shape index (κ1) is 12.3. The zero-order chi connectivity index (χ0) is 12.1. The van der Waals surface area contributed by atoms with Crippen LogP contribution in [0.2, 0.25) is 0 Å². The fraction of sp³-hybridized carbons (Fsp3) is 0.615. The molecule has 1 aliphatic heterocycles. The Hall–Kier alpha value is -1.13. The molecule has 1 aliphatic rings. The number of aromatic nitrogens is 1. The highest BCUT2D eigenvalue weighted by atomic mass is 16.3. The standard InChI is InChI=1S/C13H21N3O/c1-14-8-12-2-3-13(15-9-12)16-6-4-11(10-17)5-7-16/h2-3,9,11,14,17H,4-8,10H2,1H3. The summed E-state index contributed by atoms with van der Waals surface area (Å²) >= 11 is 0. The van der Waals surface area contributed by atoms with Gasteiger partial charge in [-0.15, -0.1) is 0 Å². The number of rotatable bonds is 4. The van der Waals surface area contributed by atoms with E-state index in [9.17, 15) is 0 Å². The average molecular weight is 235 g/mol. The van der Waals surface area contributed by atoms with E-state index >= 15 is 0 Å². The molecule has 0 amide bonds. The predicted molar refractivity (Wildman–Crippen MR) is 69.0 cm³/mol. The van der Waals surface area contributed by atoms with Gasteiger partial charge in [-0.2, -0.15) is 0 Å². The van der Waals surface area contributed by atoms with Gasteiger partial charge in [0.15, 0.2) is 0 Å². The number of nitrogens with one attached hydrogen (secondary N) is 1. The van der Waals surface area contributed by atoms with E-state index in [0.717, 1.165) is 38.3 Å². The Morgan fingerprint density at radius 2 is 2.18 bits per heavy atom. The second kappa shape index (κ2) is 5.98. The molecular weight excluding hydrogens is 214 g/mol. The smallest absolute Gasteiger partial charge is 0.128 e. The van der Waals surface area contributed by atoms with Gasteiger partial charge in [-0.05, 0) is 37.4 Å². The molecule has 0 aliphatic carbocycles. The van der Waals surface area contributed by atoms with Gasteiger partial charge in [-0.25, -0.2) is 4.98 Å². The van der Waals surface area contributed by atoms with Crippen molar-refractivity contribution in [3.05, 3.63) is 23.9 Å². The van der Waals surface area contributed by atoms with Crippen LogP contribution in [0.15, 0.2) is 18.3 Å². The number of hydrogen-bond donors (Lipinski definition) is 2. The van der Waals surface area contributed by atoms with Crippen molar-refractivity contribution in [1.29, 1.82) is 0 Å². The monoisotopic (exact) mass is 235 g/mol. The topological polar surface area (TPSA) is 48.4 Å². The van der Waals surface area contributed by atoms with Gasteiger partial charge in [0.2, 0.25) is 0 Å². The number of piperidine rings is 1. The summed E-state index contributed by atoms with van der Waals surface area (Å²) in [5.41, 5.74) is 1.21. The Morgan fingerprint density at radius 3 is 2.71 bits per heavy atom. The molecule has 1 aromatic rings. The van der Waals surface area contributed by atoms with Crippen molar-refractivity contribution in [2.24, 2.45) is 5.92 Å². The Morgan fingerprint density at radius 1 is 1.41 bits per heavy atom. The van der Waals surface area contributed by atoms with Crippen LogP contribution in [0.1, 0.15) is 18.4 Å². The van der Waals surface area contributed by atoms with Gasteiger partial charge in [0.05, 0.1) is 0 Å². The lowest BCUT2D eigenvalue weighted by atomic mass is 9.98. The van der Waals surface area contributed by atoms with Crippen molar-refractivity contribution in [1.82, 2.24) is 10.3 Å². The summed E-state index contributed by atoms with van der Waals surface area (Å²) in [6.07, 6.45) is 4.07. The van der Waals surface area contributed by atoms with Crippen molar-refractivity contribution in [2.45, 2.75) is 19.4 Å². The molecule has 0 atom stereocenters. The first-order chi connectivity index (χ1) is 8.33. The maximum absolute atomic E-state index is 9.10. The molecule has 0 aromatic carbocycles. The molecule has 2 rings (SSSR count). The van der Waals surface area contributed by atoms with Crippen molar-refractivity contribution in [2.75, 3.05) is 31.6 Å². The fourth-order valence-electron chi connectivity index (χ4n) is 2.26. The molecule has 1 fully saturated rings. The number of hydrogen-bond acceptors (Lipinski definition) is 4. The van der Waals surface area contributed by atoms with Gasteiger partial charge in [0.25, 0.3) is 0 Å². The Balaban J connectivity index is 1.94. The molecule has 1 saturated heterocycles. The SMILES string of the molecule is CNCc1ccc(N2CCC(CO)CC2)nc1. The lowest BCUT2D eigenvalue weighted by Gasteiger charge is -2.32. The summed E-state index contributed by atoms with van der Waals surface area (Å²) in [5, 5.41) is 12.2. The van der Waals surface area contributed by atoms with Gasteiger partial charge in [-0.3, -0.25) is 0 Å². The Labute approximate surface area is 103 Å². The van der Waals surface area contributed by atoms with Gasteiger partial charge in [0.1, 0.15) is 5.82 Å². The maximum atomic E-state index is 9.10. The minimum absolute atomic E-state index is 0.322. The van der Waals surface area contributed by atoms with Gasteiger partial charge < -0.3 is 15.3 Å². The number of pyridine rings is 1. The molecule has 17 heavy (non-hydrogen) atoms. The third-order valence-corrected chi connectivity index (χ3v) is 3.39. The van der Waals surface area contributed by atoms with Crippen LogP contribution in [-0.4, -0.2) is 36.8 Å². The lowest BCUT2D eigenvalue weighted by Crippen LogP contribution is -2.35. The van der Waals surface area contributed by atoms with Crippen LogP contribution in [0.4, 0.5) is 5.82 Å². The Kier molecular flexibility index (Phi) is 4.34. The van der Waals surface area contributed by atoms with Crippen LogP contribution < -0.4 is 10.2 Å². The van der Waals surface area contributed by atoms with E-state index in [2.05, 4.69) is 27.3 Å². The van der Waals surface area contributed by atoms with E-state index in [0.29, 0.717) is 12.5 Å². The maximum Gasteiger partial charge on any atom is 0.128 e.